The highest BCUT2D eigenvalue weighted by Gasteiger charge is 2.18. The summed E-state index contributed by atoms with van der Waals surface area (Å²) in [6, 6.07) is -0.630. The summed E-state index contributed by atoms with van der Waals surface area (Å²) in [5.74, 6) is -0.0532. The molecule has 0 saturated heterocycles. The first kappa shape index (κ1) is 79.1. The molecule has 0 saturated carbocycles. The SMILES string of the molecule is CCCCCCCC/C=C\CCCCCCCCCC(=O)OCCCCCCCCCCCCCC/C=C\CCCCCCCCCCCCCC(=O)NC(CO)C(O)/C=C/CCCCCCCCCCCCCCCCCCCC. The lowest BCUT2D eigenvalue weighted by Crippen LogP contribution is -2.45. The van der Waals surface area contributed by atoms with Gasteiger partial charge in [-0.25, -0.2) is 0 Å². The predicted octanol–water partition coefficient (Wildman–Crippen LogP) is 23.9. The molecule has 0 spiro atoms. The Balaban J connectivity index is 3.40. The van der Waals surface area contributed by atoms with Crippen molar-refractivity contribution >= 4 is 11.9 Å². The molecule has 0 aliphatic rings. The second-order valence-electron chi connectivity index (χ2n) is 25.3. The van der Waals surface area contributed by atoms with Crippen LogP contribution in [0.25, 0.3) is 0 Å². The zero-order valence-electron chi connectivity index (χ0n) is 54.8. The molecule has 2 atom stereocenters. The first-order chi connectivity index (χ1) is 40.0. The molecule has 6 heteroatoms. The number of ether oxygens (including phenoxy) is 1. The van der Waals surface area contributed by atoms with Crippen molar-refractivity contribution in [2.24, 2.45) is 0 Å². The number of carbonyl (C=O) groups is 2. The summed E-state index contributed by atoms with van der Waals surface area (Å²) in [4.78, 5) is 24.6. The summed E-state index contributed by atoms with van der Waals surface area (Å²) >= 11 is 0. The number of hydrogen-bond donors (Lipinski definition) is 3. The maximum absolute atomic E-state index is 12.5. The Hall–Kier alpha value is -1.92. The van der Waals surface area contributed by atoms with Gasteiger partial charge < -0.3 is 20.3 Å². The number of amides is 1. The van der Waals surface area contributed by atoms with Gasteiger partial charge in [-0.05, 0) is 83.5 Å². The van der Waals surface area contributed by atoms with Gasteiger partial charge in [-0.2, -0.15) is 0 Å². The Kier molecular flexibility index (Phi) is 68.9. The average molecular weight is 1140 g/mol. The second-order valence-corrected chi connectivity index (χ2v) is 25.3. The van der Waals surface area contributed by atoms with E-state index >= 15 is 0 Å². The zero-order chi connectivity index (χ0) is 58.5. The first-order valence-electron chi connectivity index (χ1n) is 36.8. The molecule has 0 rings (SSSR count). The standard InChI is InChI=1S/C75H143NO5/c1-3-5-7-9-11-13-15-17-19-21-22-32-36-39-43-47-51-55-59-63-67-73(78)72(71-77)76-74(79)68-64-60-56-52-48-44-40-37-33-30-28-26-24-23-25-27-29-31-34-38-42-46-50-54-58-62-66-70-81-75(80)69-65-61-57-53-49-45-41-35-20-18-16-14-12-10-8-6-4-2/h18,20,23-24,63,67,72-73,77-78H,3-17,19,21-22,25-62,64-66,68-71H2,1-2H3,(H,76,79)/b20-18-,24-23-,67-63+. The molecule has 0 aromatic carbocycles. The average Bonchev–Trinajstić information content (AvgIpc) is 3.47. The van der Waals surface area contributed by atoms with E-state index < -0.39 is 12.1 Å². The van der Waals surface area contributed by atoms with E-state index in [1.165, 1.54) is 334 Å². The van der Waals surface area contributed by atoms with Gasteiger partial charge in [0.15, 0.2) is 0 Å². The molecule has 478 valence electrons. The maximum atomic E-state index is 12.5. The highest BCUT2D eigenvalue weighted by Crippen LogP contribution is 2.18. The topological polar surface area (TPSA) is 95.9 Å². The Labute approximate surface area is 506 Å². The van der Waals surface area contributed by atoms with E-state index in [4.69, 9.17) is 4.74 Å². The number of aliphatic hydroxyl groups is 2. The van der Waals surface area contributed by atoms with Gasteiger partial charge in [-0.15, -0.1) is 0 Å². The van der Waals surface area contributed by atoms with Crippen molar-refractivity contribution < 1.29 is 24.5 Å². The lowest BCUT2D eigenvalue weighted by atomic mass is 10.0. The van der Waals surface area contributed by atoms with Gasteiger partial charge >= 0.3 is 5.97 Å². The molecule has 0 heterocycles. The third-order valence-corrected chi connectivity index (χ3v) is 17.1. The molecule has 0 radical (unpaired) electrons. The molecule has 1 amide bonds. The fourth-order valence-electron chi connectivity index (χ4n) is 11.5. The van der Waals surface area contributed by atoms with Crippen molar-refractivity contribution in [1.29, 1.82) is 0 Å². The van der Waals surface area contributed by atoms with Gasteiger partial charge in [0.2, 0.25) is 5.91 Å². The van der Waals surface area contributed by atoms with Crippen molar-refractivity contribution in [1.82, 2.24) is 5.32 Å². The van der Waals surface area contributed by atoms with Crippen LogP contribution in [-0.4, -0.2) is 47.4 Å². The Bertz CT molecular complexity index is 1310. The lowest BCUT2D eigenvalue weighted by Gasteiger charge is -2.20. The van der Waals surface area contributed by atoms with Crippen molar-refractivity contribution in [3.63, 3.8) is 0 Å². The Morgan fingerprint density at radius 1 is 0.333 bits per heavy atom. The van der Waals surface area contributed by atoms with Crippen LogP contribution in [0.4, 0.5) is 0 Å². The van der Waals surface area contributed by atoms with E-state index in [1.807, 2.05) is 6.08 Å². The van der Waals surface area contributed by atoms with Crippen LogP contribution in [0.15, 0.2) is 36.5 Å². The number of allylic oxidation sites excluding steroid dienone is 5. The zero-order valence-corrected chi connectivity index (χ0v) is 54.8. The van der Waals surface area contributed by atoms with Gasteiger partial charge in [0.25, 0.3) is 0 Å². The van der Waals surface area contributed by atoms with Crippen LogP contribution >= 0.6 is 0 Å². The minimum Gasteiger partial charge on any atom is -0.466 e. The summed E-state index contributed by atoms with van der Waals surface area (Å²) in [6.07, 6.45) is 90.9. The molecule has 0 aliphatic heterocycles. The predicted molar refractivity (Wildman–Crippen MR) is 356 cm³/mol. The minimum absolute atomic E-state index is 0.0120. The summed E-state index contributed by atoms with van der Waals surface area (Å²) < 4.78 is 5.50. The smallest absolute Gasteiger partial charge is 0.305 e. The molecule has 0 aromatic rings. The monoisotopic (exact) mass is 1140 g/mol. The van der Waals surface area contributed by atoms with E-state index in [0.717, 1.165) is 44.9 Å². The van der Waals surface area contributed by atoms with Crippen LogP contribution in [0.3, 0.4) is 0 Å². The summed E-state index contributed by atoms with van der Waals surface area (Å²) in [7, 11) is 0. The molecular weight excluding hydrogens is 995 g/mol. The number of rotatable bonds is 69. The third kappa shape index (κ3) is 67.1. The molecule has 81 heavy (non-hydrogen) atoms. The quantitative estimate of drug-likeness (QED) is 0.0320. The van der Waals surface area contributed by atoms with Crippen LogP contribution in [0, 0.1) is 0 Å². The summed E-state index contributed by atoms with van der Waals surface area (Å²) in [6.45, 7) is 4.94. The normalized spacial score (nSPS) is 12.7. The van der Waals surface area contributed by atoms with Crippen LogP contribution in [0.2, 0.25) is 0 Å². The van der Waals surface area contributed by atoms with E-state index in [-0.39, 0.29) is 18.5 Å². The van der Waals surface area contributed by atoms with Crippen molar-refractivity contribution in [2.75, 3.05) is 13.2 Å². The number of hydrogen-bond acceptors (Lipinski definition) is 5. The molecule has 0 aliphatic carbocycles. The van der Waals surface area contributed by atoms with E-state index in [9.17, 15) is 19.8 Å². The second kappa shape index (κ2) is 70.6. The molecule has 6 nitrogen and oxygen atoms in total. The van der Waals surface area contributed by atoms with Gasteiger partial charge in [0.1, 0.15) is 0 Å². The molecular formula is C75H143NO5. The summed E-state index contributed by atoms with van der Waals surface area (Å²) in [5.41, 5.74) is 0. The number of unbranched alkanes of at least 4 members (excludes halogenated alkanes) is 54. The third-order valence-electron chi connectivity index (χ3n) is 17.1. The molecule has 0 aromatic heterocycles. The number of esters is 1. The van der Waals surface area contributed by atoms with E-state index in [0.29, 0.717) is 19.4 Å². The van der Waals surface area contributed by atoms with Crippen LogP contribution in [0.5, 0.6) is 0 Å². The van der Waals surface area contributed by atoms with Crippen LogP contribution < -0.4 is 5.32 Å². The lowest BCUT2D eigenvalue weighted by molar-refractivity contribution is -0.143. The van der Waals surface area contributed by atoms with Crippen molar-refractivity contribution in [2.45, 2.75) is 418 Å². The van der Waals surface area contributed by atoms with Crippen LogP contribution in [0.1, 0.15) is 406 Å². The molecule has 3 N–H and O–H groups in total. The molecule has 0 bridgehead atoms. The number of nitrogens with one attached hydrogen (secondary N) is 1. The van der Waals surface area contributed by atoms with E-state index in [1.54, 1.807) is 6.08 Å². The first-order valence-corrected chi connectivity index (χ1v) is 36.8. The van der Waals surface area contributed by atoms with Gasteiger partial charge in [0, 0.05) is 12.8 Å². The van der Waals surface area contributed by atoms with Gasteiger partial charge in [-0.3, -0.25) is 9.59 Å². The Morgan fingerprint density at radius 3 is 0.877 bits per heavy atom. The molecule has 0 fully saturated rings. The summed E-state index contributed by atoms with van der Waals surface area (Å²) in [5, 5.41) is 23.2. The van der Waals surface area contributed by atoms with E-state index in [2.05, 4.69) is 43.5 Å². The highest BCUT2D eigenvalue weighted by molar-refractivity contribution is 5.76. The van der Waals surface area contributed by atoms with Crippen molar-refractivity contribution in [3.8, 4) is 0 Å². The number of aliphatic hydroxyl groups excluding tert-OH is 2. The number of carbonyl (C=O) groups excluding carboxylic acids is 2. The minimum atomic E-state index is -0.846. The fraction of sp³-hybridized carbons (Fsp3) is 0.893. The van der Waals surface area contributed by atoms with Gasteiger partial charge in [-0.1, -0.05) is 346 Å². The largest absolute Gasteiger partial charge is 0.466 e. The van der Waals surface area contributed by atoms with Gasteiger partial charge in [0.05, 0.1) is 25.4 Å². The van der Waals surface area contributed by atoms with Crippen molar-refractivity contribution in [3.05, 3.63) is 36.5 Å². The van der Waals surface area contributed by atoms with Crippen LogP contribution in [-0.2, 0) is 14.3 Å². The maximum Gasteiger partial charge on any atom is 0.305 e. The fourth-order valence-corrected chi connectivity index (χ4v) is 11.5. The highest BCUT2D eigenvalue weighted by atomic mass is 16.5. The Morgan fingerprint density at radius 2 is 0.580 bits per heavy atom. The molecule has 2 unspecified atom stereocenters.